The molecule has 0 fully saturated rings. The summed E-state index contributed by atoms with van der Waals surface area (Å²) >= 11 is 5.99. The van der Waals surface area contributed by atoms with Crippen molar-refractivity contribution in [2.24, 2.45) is 0 Å². The Balaban J connectivity index is 2.32. The first-order valence-corrected chi connectivity index (χ1v) is 9.01. The molecule has 2 N–H and O–H groups in total. The number of rotatable bonds is 5. The summed E-state index contributed by atoms with van der Waals surface area (Å²) in [5, 5.41) is 2.77. The molecule has 0 heterocycles. The van der Waals surface area contributed by atoms with E-state index >= 15 is 0 Å². The highest BCUT2D eigenvalue weighted by molar-refractivity contribution is 7.92. The minimum atomic E-state index is -3.86. The third-order valence-electron chi connectivity index (χ3n) is 3.12. The van der Waals surface area contributed by atoms with Crippen molar-refractivity contribution in [3.05, 3.63) is 53.1 Å². The second-order valence-corrected chi connectivity index (χ2v) is 6.97. The summed E-state index contributed by atoms with van der Waals surface area (Å²) in [7, 11) is -3.86. The average Bonchev–Trinajstić information content (AvgIpc) is 2.51. The molecule has 0 bridgehead atoms. The molecule has 0 saturated carbocycles. The number of anilines is 2. The first-order chi connectivity index (χ1) is 11.3. The van der Waals surface area contributed by atoms with Gasteiger partial charge in [0.1, 0.15) is 0 Å². The van der Waals surface area contributed by atoms with E-state index in [0.29, 0.717) is 16.3 Å². The smallest absolute Gasteiger partial charge is 0.411 e. The Morgan fingerprint density at radius 3 is 2.58 bits per heavy atom. The molecule has 2 rings (SSSR count). The lowest BCUT2D eigenvalue weighted by Gasteiger charge is -2.13. The number of aryl methyl sites for hydroxylation is 1. The lowest BCUT2D eigenvalue weighted by atomic mass is 10.2. The number of benzene rings is 2. The quantitative estimate of drug-likeness (QED) is 0.834. The maximum absolute atomic E-state index is 12.6. The average molecular weight is 369 g/mol. The van der Waals surface area contributed by atoms with Gasteiger partial charge in [0.25, 0.3) is 10.0 Å². The molecule has 6 nitrogen and oxygen atoms in total. The summed E-state index contributed by atoms with van der Waals surface area (Å²) in [6.45, 7) is 3.56. The normalized spacial score (nSPS) is 11.0. The third-order valence-corrected chi connectivity index (χ3v) is 4.95. The molecule has 0 unspecified atom stereocenters. The zero-order valence-electron chi connectivity index (χ0n) is 13.2. The number of hydrogen-bond acceptors (Lipinski definition) is 4. The number of carbonyl (C=O) groups excluding carboxylic acids is 1. The van der Waals surface area contributed by atoms with E-state index in [-0.39, 0.29) is 17.2 Å². The number of nitrogens with one attached hydrogen (secondary N) is 2. The van der Waals surface area contributed by atoms with Gasteiger partial charge in [0.15, 0.2) is 0 Å². The van der Waals surface area contributed by atoms with Crippen molar-refractivity contribution >= 4 is 39.1 Å². The van der Waals surface area contributed by atoms with Gasteiger partial charge in [-0.05, 0) is 43.7 Å². The van der Waals surface area contributed by atoms with Crippen LogP contribution < -0.4 is 10.0 Å². The molecule has 0 aliphatic heterocycles. The number of ether oxygens (including phenoxy) is 1. The van der Waals surface area contributed by atoms with Crippen molar-refractivity contribution < 1.29 is 17.9 Å². The van der Waals surface area contributed by atoms with Crippen LogP contribution in [0.25, 0.3) is 0 Å². The van der Waals surface area contributed by atoms with Crippen LogP contribution in [-0.4, -0.2) is 21.1 Å². The van der Waals surface area contributed by atoms with Gasteiger partial charge in [-0.3, -0.25) is 10.0 Å². The largest absolute Gasteiger partial charge is 0.450 e. The Morgan fingerprint density at radius 1 is 1.21 bits per heavy atom. The van der Waals surface area contributed by atoms with Crippen LogP contribution in [0.4, 0.5) is 16.2 Å². The zero-order chi connectivity index (χ0) is 17.7. The molecule has 0 aliphatic carbocycles. The number of carbonyl (C=O) groups is 1. The van der Waals surface area contributed by atoms with Crippen molar-refractivity contribution in [1.29, 1.82) is 0 Å². The minimum Gasteiger partial charge on any atom is -0.450 e. The molecule has 0 spiro atoms. The summed E-state index contributed by atoms with van der Waals surface area (Å²) < 4.78 is 32.5. The molecule has 2 aromatic carbocycles. The van der Waals surface area contributed by atoms with Gasteiger partial charge in [0.05, 0.1) is 22.2 Å². The summed E-state index contributed by atoms with van der Waals surface area (Å²) in [5.74, 6) is 0. The SMILES string of the molecule is CCOC(=O)Nc1ccc(C)c(S(=O)(=O)Nc2ccccc2Cl)c1. The van der Waals surface area contributed by atoms with Crippen molar-refractivity contribution in [2.75, 3.05) is 16.6 Å². The Kier molecular flexibility index (Phi) is 5.69. The van der Waals surface area contributed by atoms with E-state index in [1.165, 1.54) is 6.07 Å². The van der Waals surface area contributed by atoms with Crippen molar-refractivity contribution in [3.8, 4) is 0 Å². The summed E-state index contributed by atoms with van der Waals surface area (Å²) in [5.41, 5.74) is 1.13. The Morgan fingerprint density at radius 2 is 1.92 bits per heavy atom. The van der Waals surface area contributed by atoms with Crippen molar-refractivity contribution in [3.63, 3.8) is 0 Å². The lowest BCUT2D eigenvalue weighted by molar-refractivity contribution is 0.168. The summed E-state index contributed by atoms with van der Waals surface area (Å²) in [6.07, 6.45) is -0.649. The Bertz CT molecular complexity index is 853. The molecule has 8 heteroatoms. The first kappa shape index (κ1) is 18.1. The van der Waals surface area contributed by atoms with Crippen LogP contribution in [-0.2, 0) is 14.8 Å². The highest BCUT2D eigenvalue weighted by Gasteiger charge is 2.19. The molecule has 24 heavy (non-hydrogen) atoms. The third kappa shape index (κ3) is 4.39. The van der Waals surface area contributed by atoms with Crippen LogP contribution in [0.5, 0.6) is 0 Å². The predicted octanol–water partition coefficient (Wildman–Crippen LogP) is 4.02. The van der Waals surface area contributed by atoms with Crippen LogP contribution >= 0.6 is 11.6 Å². The van der Waals surface area contributed by atoms with Gasteiger partial charge in [-0.2, -0.15) is 0 Å². The van der Waals surface area contributed by atoms with Gasteiger partial charge in [-0.15, -0.1) is 0 Å². The fraction of sp³-hybridized carbons (Fsp3) is 0.188. The number of amides is 1. The van der Waals surface area contributed by atoms with E-state index in [2.05, 4.69) is 10.0 Å². The van der Waals surface area contributed by atoms with Crippen molar-refractivity contribution in [1.82, 2.24) is 0 Å². The summed E-state index contributed by atoms with van der Waals surface area (Å²) in [4.78, 5) is 11.5. The maximum Gasteiger partial charge on any atom is 0.411 e. The predicted molar refractivity (Wildman–Crippen MR) is 94.1 cm³/mol. The molecule has 0 aromatic heterocycles. The second-order valence-electron chi connectivity index (χ2n) is 4.91. The molecule has 128 valence electrons. The standard InChI is InChI=1S/C16H17ClN2O4S/c1-3-23-16(20)18-12-9-8-11(2)15(10-12)24(21,22)19-14-7-5-4-6-13(14)17/h4-10,19H,3H2,1-2H3,(H,18,20). The van der Waals surface area contributed by atoms with Crippen LogP contribution in [0.3, 0.4) is 0 Å². The number of sulfonamides is 1. The second kappa shape index (κ2) is 7.55. The van der Waals surface area contributed by atoms with Crippen LogP contribution in [0.15, 0.2) is 47.4 Å². The molecule has 1 amide bonds. The van der Waals surface area contributed by atoms with Crippen LogP contribution in [0.1, 0.15) is 12.5 Å². The monoisotopic (exact) mass is 368 g/mol. The highest BCUT2D eigenvalue weighted by Crippen LogP contribution is 2.26. The fourth-order valence-electron chi connectivity index (χ4n) is 2.00. The van der Waals surface area contributed by atoms with Gasteiger partial charge in [-0.1, -0.05) is 29.8 Å². The fourth-order valence-corrected chi connectivity index (χ4v) is 3.59. The van der Waals surface area contributed by atoms with Gasteiger partial charge < -0.3 is 4.74 Å². The molecular formula is C16H17ClN2O4S. The van der Waals surface area contributed by atoms with Gasteiger partial charge >= 0.3 is 6.09 Å². The molecular weight excluding hydrogens is 352 g/mol. The summed E-state index contributed by atoms with van der Waals surface area (Å²) in [6, 6.07) is 11.1. The van der Waals surface area contributed by atoms with Crippen molar-refractivity contribution in [2.45, 2.75) is 18.7 Å². The maximum atomic E-state index is 12.6. The van der Waals surface area contributed by atoms with E-state index in [1.54, 1.807) is 50.2 Å². The van der Waals surface area contributed by atoms with E-state index in [0.717, 1.165) is 0 Å². The number of para-hydroxylation sites is 1. The van der Waals surface area contributed by atoms with E-state index in [4.69, 9.17) is 16.3 Å². The van der Waals surface area contributed by atoms with E-state index in [1.807, 2.05) is 0 Å². The first-order valence-electron chi connectivity index (χ1n) is 7.15. The Labute approximate surface area is 145 Å². The van der Waals surface area contributed by atoms with Gasteiger partial charge in [0.2, 0.25) is 0 Å². The topological polar surface area (TPSA) is 84.5 Å². The lowest BCUT2D eigenvalue weighted by Crippen LogP contribution is -2.17. The zero-order valence-corrected chi connectivity index (χ0v) is 14.7. The minimum absolute atomic E-state index is 0.0386. The van der Waals surface area contributed by atoms with E-state index < -0.39 is 16.1 Å². The molecule has 0 radical (unpaired) electrons. The van der Waals surface area contributed by atoms with Crippen LogP contribution in [0.2, 0.25) is 5.02 Å². The molecule has 2 aromatic rings. The molecule has 0 atom stereocenters. The highest BCUT2D eigenvalue weighted by atomic mass is 35.5. The molecule has 0 saturated heterocycles. The van der Waals surface area contributed by atoms with E-state index in [9.17, 15) is 13.2 Å². The van der Waals surface area contributed by atoms with Crippen LogP contribution in [0, 0.1) is 6.92 Å². The number of hydrogen-bond donors (Lipinski definition) is 2. The Hall–Kier alpha value is -2.25. The number of halogens is 1. The van der Waals surface area contributed by atoms with Gasteiger partial charge in [-0.25, -0.2) is 13.2 Å². The molecule has 0 aliphatic rings. The van der Waals surface area contributed by atoms with Gasteiger partial charge in [0, 0.05) is 5.69 Å².